The predicted octanol–water partition coefficient (Wildman–Crippen LogP) is 2.43. The van der Waals surface area contributed by atoms with E-state index in [1.54, 1.807) is 16.7 Å². The summed E-state index contributed by atoms with van der Waals surface area (Å²) in [5.41, 5.74) is 0. The first-order valence-electron chi connectivity index (χ1n) is 7.10. The summed E-state index contributed by atoms with van der Waals surface area (Å²) in [7, 11) is 0. The Hall–Kier alpha value is -0.750. The maximum absolute atomic E-state index is 12.3. The van der Waals surface area contributed by atoms with Gasteiger partial charge >= 0.3 is 0 Å². The van der Waals surface area contributed by atoms with Gasteiger partial charge in [-0.05, 0) is 37.1 Å². The van der Waals surface area contributed by atoms with Crippen LogP contribution >= 0.6 is 23.4 Å². The van der Waals surface area contributed by atoms with Crippen LogP contribution in [0.5, 0.6) is 0 Å². The molecule has 1 amide bonds. The third-order valence-electron chi connectivity index (χ3n) is 3.33. The molecule has 0 bridgehead atoms. The lowest BCUT2D eigenvalue weighted by Crippen LogP contribution is -2.41. The highest BCUT2D eigenvalue weighted by molar-refractivity contribution is 7.99. The van der Waals surface area contributed by atoms with Crippen LogP contribution < -0.4 is 0 Å². The molecule has 1 aliphatic heterocycles. The van der Waals surface area contributed by atoms with E-state index in [4.69, 9.17) is 21.4 Å². The number of rotatable bonds is 7. The highest BCUT2D eigenvalue weighted by Crippen LogP contribution is 2.21. The average molecular weight is 330 g/mol. The van der Waals surface area contributed by atoms with Gasteiger partial charge in [-0.15, -0.1) is 11.8 Å². The largest absolute Gasteiger partial charge is 0.395 e. The molecule has 2 rings (SSSR count). The molecule has 1 aromatic rings. The van der Waals surface area contributed by atoms with E-state index in [1.165, 1.54) is 0 Å². The van der Waals surface area contributed by atoms with Crippen molar-refractivity contribution in [2.75, 3.05) is 32.1 Å². The zero-order valence-corrected chi connectivity index (χ0v) is 13.4. The molecule has 0 aliphatic carbocycles. The molecule has 0 saturated carbocycles. The molecule has 1 N–H and O–H groups in total. The minimum atomic E-state index is -0.322. The Morgan fingerprint density at radius 2 is 2.14 bits per heavy atom. The van der Waals surface area contributed by atoms with Crippen molar-refractivity contribution in [3.63, 3.8) is 0 Å². The molecule has 0 radical (unpaired) electrons. The number of aliphatic hydroxyl groups excluding tert-OH is 1. The zero-order chi connectivity index (χ0) is 15.1. The summed E-state index contributed by atoms with van der Waals surface area (Å²) in [4.78, 5) is 15.1. The minimum Gasteiger partial charge on any atom is -0.395 e. The molecule has 1 heterocycles. The average Bonchev–Trinajstić information content (AvgIpc) is 3.02. The van der Waals surface area contributed by atoms with Crippen molar-refractivity contribution in [1.29, 1.82) is 0 Å². The van der Waals surface area contributed by atoms with E-state index in [0.717, 1.165) is 28.5 Å². The van der Waals surface area contributed by atoms with Crippen LogP contribution in [-0.4, -0.2) is 54.1 Å². The highest BCUT2D eigenvalue weighted by Gasteiger charge is 2.27. The monoisotopic (exact) mass is 329 g/mol. The van der Waals surface area contributed by atoms with Crippen molar-refractivity contribution >= 4 is 29.3 Å². The summed E-state index contributed by atoms with van der Waals surface area (Å²) in [6.07, 6.45) is 1.39. The fourth-order valence-electron chi connectivity index (χ4n) is 2.23. The summed E-state index contributed by atoms with van der Waals surface area (Å²) >= 11 is 7.52. The van der Waals surface area contributed by atoms with Crippen molar-refractivity contribution in [3.8, 4) is 0 Å². The molecule has 21 heavy (non-hydrogen) atoms. The Labute approximate surface area is 134 Å². The number of hydrogen-bond acceptors (Lipinski definition) is 4. The quantitative estimate of drug-likeness (QED) is 0.781. The van der Waals surface area contributed by atoms with E-state index in [0.29, 0.717) is 19.7 Å². The number of nitrogens with zero attached hydrogens (tertiary/aromatic N) is 1. The van der Waals surface area contributed by atoms with Crippen LogP contribution in [-0.2, 0) is 9.53 Å². The molecular formula is C15H20ClNO3S. The third kappa shape index (κ3) is 5.18. The van der Waals surface area contributed by atoms with Gasteiger partial charge in [0.2, 0.25) is 0 Å². The first-order chi connectivity index (χ1) is 10.2. The van der Waals surface area contributed by atoms with Crippen molar-refractivity contribution < 1.29 is 14.6 Å². The van der Waals surface area contributed by atoms with Gasteiger partial charge in [0.15, 0.2) is 0 Å². The molecule has 6 heteroatoms. The Kier molecular flexibility index (Phi) is 6.83. The maximum Gasteiger partial charge on any atom is 0.251 e. The van der Waals surface area contributed by atoms with Gasteiger partial charge in [-0.3, -0.25) is 4.79 Å². The van der Waals surface area contributed by atoms with Crippen LogP contribution in [0.3, 0.4) is 0 Å². The predicted molar refractivity (Wildman–Crippen MR) is 84.8 cm³/mol. The number of aliphatic hydroxyl groups is 1. The highest BCUT2D eigenvalue weighted by atomic mass is 35.5. The molecule has 0 aromatic heterocycles. The van der Waals surface area contributed by atoms with Gasteiger partial charge in [0.25, 0.3) is 5.91 Å². The second kappa shape index (κ2) is 8.63. The summed E-state index contributed by atoms with van der Waals surface area (Å²) in [6.45, 7) is 1.60. The van der Waals surface area contributed by atoms with E-state index in [2.05, 4.69) is 0 Å². The van der Waals surface area contributed by atoms with Gasteiger partial charge in [-0.25, -0.2) is 0 Å². The second-order valence-corrected chi connectivity index (χ2v) is 6.46. The van der Waals surface area contributed by atoms with Crippen LogP contribution in [0.4, 0.5) is 0 Å². The molecule has 1 atom stereocenters. The molecule has 0 unspecified atom stereocenters. The maximum atomic E-state index is 12.3. The molecular weight excluding hydrogens is 310 g/mol. The van der Waals surface area contributed by atoms with Gasteiger partial charge in [0.1, 0.15) is 6.10 Å². The van der Waals surface area contributed by atoms with Gasteiger partial charge < -0.3 is 14.7 Å². The molecule has 4 nitrogen and oxygen atoms in total. The Morgan fingerprint density at radius 1 is 1.38 bits per heavy atom. The fraction of sp³-hybridized carbons (Fsp3) is 0.533. The number of benzene rings is 1. The molecule has 116 valence electrons. The smallest absolute Gasteiger partial charge is 0.251 e. The van der Waals surface area contributed by atoms with E-state index in [-0.39, 0.29) is 18.6 Å². The van der Waals surface area contributed by atoms with Crippen molar-refractivity contribution in [3.05, 3.63) is 29.3 Å². The second-order valence-electron chi connectivity index (χ2n) is 4.85. The summed E-state index contributed by atoms with van der Waals surface area (Å²) in [6, 6.07) is 7.64. The Morgan fingerprint density at radius 3 is 2.76 bits per heavy atom. The molecule has 1 saturated heterocycles. The Balaban J connectivity index is 1.81. The van der Waals surface area contributed by atoms with E-state index < -0.39 is 0 Å². The van der Waals surface area contributed by atoms with Crippen LogP contribution in [0.25, 0.3) is 0 Å². The summed E-state index contributed by atoms with van der Waals surface area (Å²) in [5, 5.41) is 9.84. The molecule has 0 spiro atoms. The molecule has 1 aliphatic rings. The number of ether oxygens (including phenoxy) is 1. The summed E-state index contributed by atoms with van der Waals surface area (Å²) < 4.78 is 5.43. The fourth-order valence-corrected chi connectivity index (χ4v) is 3.24. The van der Waals surface area contributed by atoms with Crippen LogP contribution in [0.15, 0.2) is 29.2 Å². The van der Waals surface area contributed by atoms with E-state index >= 15 is 0 Å². The van der Waals surface area contributed by atoms with Crippen LogP contribution in [0, 0.1) is 0 Å². The normalized spacial score (nSPS) is 17.9. The molecule has 1 aromatic carbocycles. The van der Waals surface area contributed by atoms with E-state index in [1.807, 2.05) is 24.3 Å². The number of thioether (sulfide) groups is 1. The zero-order valence-electron chi connectivity index (χ0n) is 11.8. The van der Waals surface area contributed by atoms with Crippen molar-refractivity contribution in [1.82, 2.24) is 4.90 Å². The first kappa shape index (κ1) is 16.6. The van der Waals surface area contributed by atoms with Crippen LogP contribution in [0.1, 0.15) is 12.8 Å². The number of carbonyl (C=O) groups is 1. The Bertz CT molecular complexity index is 449. The lowest BCUT2D eigenvalue weighted by molar-refractivity contribution is -0.141. The van der Waals surface area contributed by atoms with Gasteiger partial charge in [0, 0.05) is 35.4 Å². The number of carbonyl (C=O) groups excluding carboxylic acids is 1. The van der Waals surface area contributed by atoms with Crippen molar-refractivity contribution in [2.24, 2.45) is 0 Å². The van der Waals surface area contributed by atoms with Gasteiger partial charge in [-0.2, -0.15) is 0 Å². The lowest BCUT2D eigenvalue weighted by Gasteiger charge is -2.24. The number of hydrogen-bond donors (Lipinski definition) is 1. The number of amides is 1. The van der Waals surface area contributed by atoms with Gasteiger partial charge in [-0.1, -0.05) is 11.6 Å². The van der Waals surface area contributed by atoms with E-state index in [9.17, 15) is 4.79 Å². The molecule has 1 fully saturated rings. The topological polar surface area (TPSA) is 49.8 Å². The standard InChI is InChI=1S/C15H20ClNO3S/c16-12-3-5-13(6-4-12)21-11-8-17(7-9-18)15(19)14-2-1-10-20-14/h3-6,14,18H,1-2,7-11H2/t14-/m0/s1. The number of halogens is 1. The lowest BCUT2D eigenvalue weighted by atomic mass is 10.2. The minimum absolute atomic E-state index is 0.00161. The van der Waals surface area contributed by atoms with Crippen molar-refractivity contribution in [2.45, 2.75) is 23.8 Å². The van der Waals surface area contributed by atoms with Gasteiger partial charge in [0.05, 0.1) is 6.61 Å². The van der Waals surface area contributed by atoms with Crippen LogP contribution in [0.2, 0.25) is 5.02 Å². The summed E-state index contributed by atoms with van der Waals surface area (Å²) in [5.74, 6) is 0.776. The SMILES string of the molecule is O=C([C@@H]1CCCO1)N(CCO)CCSc1ccc(Cl)cc1. The first-order valence-corrected chi connectivity index (χ1v) is 8.46. The third-order valence-corrected chi connectivity index (χ3v) is 4.57.